The summed E-state index contributed by atoms with van der Waals surface area (Å²) in [4.78, 5) is 22.5. The van der Waals surface area contributed by atoms with Gasteiger partial charge < -0.3 is 24.3 Å². The van der Waals surface area contributed by atoms with Crippen LogP contribution in [0.3, 0.4) is 0 Å². The lowest BCUT2D eigenvalue weighted by atomic mass is 10.0. The Morgan fingerprint density at radius 1 is 0.905 bits per heavy atom. The quantitative estimate of drug-likeness (QED) is 0.104. The number of hydrogen-bond donors (Lipinski definition) is 2. The topological polar surface area (TPSA) is 98.0 Å². The third-order valence-electron chi connectivity index (χ3n) is 6.73. The molecule has 0 spiro atoms. The molecule has 0 saturated carbocycles. The number of carboxylic acid groups (broad SMARTS) is 2. The molecule has 0 bridgehead atoms. The van der Waals surface area contributed by atoms with Crippen LogP contribution < -0.4 is 9.47 Å². The number of benzene rings is 3. The summed E-state index contributed by atoms with van der Waals surface area (Å²) < 4.78 is 13.7. The Labute approximate surface area is 254 Å². The molecule has 0 aliphatic rings. The van der Waals surface area contributed by atoms with Crippen molar-refractivity contribution in [2.75, 3.05) is 13.2 Å². The van der Waals surface area contributed by atoms with Gasteiger partial charge in [0.25, 0.3) is 0 Å². The van der Waals surface area contributed by atoms with Crippen LogP contribution in [-0.4, -0.2) is 39.9 Å². The number of ether oxygens (including phenoxy) is 2. The standard InChI is InChI=1S/C33H33Cl2NO6/c1-22-18-26(34)20-28(35)33(22)42-17-3-2-16-41-27-13-10-23(11-14-27)9-12-24-6-4-7-29-32(24)25(19-31(39)40)21-36(29)15-5-8-30(37)38/h4,6-7,9-14,18,20-21H,2-3,5,8,15-17,19H2,1H3,(H,37,38)(H,39,40)/b12-9+. The van der Waals surface area contributed by atoms with E-state index in [0.29, 0.717) is 47.5 Å². The van der Waals surface area contributed by atoms with E-state index in [1.807, 2.05) is 78.4 Å². The number of carboxylic acids is 2. The van der Waals surface area contributed by atoms with Crippen molar-refractivity contribution in [2.24, 2.45) is 0 Å². The normalized spacial score (nSPS) is 11.3. The van der Waals surface area contributed by atoms with Gasteiger partial charge in [0.2, 0.25) is 0 Å². The van der Waals surface area contributed by atoms with Crippen LogP contribution >= 0.6 is 23.2 Å². The van der Waals surface area contributed by atoms with Crippen molar-refractivity contribution in [3.05, 3.63) is 93.1 Å². The summed E-state index contributed by atoms with van der Waals surface area (Å²) in [6.45, 7) is 3.50. The first kappa shape index (κ1) is 31.0. The molecule has 0 aliphatic carbocycles. The Kier molecular flexibility index (Phi) is 10.9. The second-order valence-corrected chi connectivity index (χ2v) is 10.8. The average molecular weight is 611 g/mol. The van der Waals surface area contributed by atoms with E-state index in [0.717, 1.165) is 46.2 Å². The SMILES string of the molecule is Cc1cc(Cl)cc(Cl)c1OCCCCOc1ccc(/C=C/c2cccc3c2c(CC(=O)O)cn3CCCC(=O)O)cc1. The summed E-state index contributed by atoms with van der Waals surface area (Å²) in [5.74, 6) is -0.331. The molecular weight excluding hydrogens is 577 g/mol. The molecule has 220 valence electrons. The number of nitrogens with zero attached hydrogens (tertiary/aromatic N) is 1. The van der Waals surface area contributed by atoms with Gasteiger partial charge in [-0.15, -0.1) is 0 Å². The minimum atomic E-state index is -0.914. The van der Waals surface area contributed by atoms with Crippen LogP contribution in [0.25, 0.3) is 23.1 Å². The monoisotopic (exact) mass is 609 g/mol. The Morgan fingerprint density at radius 3 is 2.33 bits per heavy atom. The van der Waals surface area contributed by atoms with Crippen LogP contribution in [0.15, 0.2) is 60.8 Å². The van der Waals surface area contributed by atoms with Crippen LogP contribution in [-0.2, 0) is 22.6 Å². The zero-order chi connectivity index (χ0) is 30.1. The van der Waals surface area contributed by atoms with E-state index in [1.54, 1.807) is 6.07 Å². The number of unbranched alkanes of at least 4 members (excludes halogenated alkanes) is 1. The van der Waals surface area contributed by atoms with Crippen molar-refractivity contribution >= 4 is 58.2 Å². The molecule has 0 aliphatic heterocycles. The predicted molar refractivity (Wildman–Crippen MR) is 167 cm³/mol. The number of halogens is 2. The van der Waals surface area contributed by atoms with E-state index >= 15 is 0 Å². The van der Waals surface area contributed by atoms with Gasteiger partial charge in [-0.05, 0) is 78.8 Å². The maximum Gasteiger partial charge on any atom is 0.307 e. The molecule has 0 unspecified atom stereocenters. The summed E-state index contributed by atoms with van der Waals surface area (Å²) >= 11 is 12.2. The highest BCUT2D eigenvalue weighted by atomic mass is 35.5. The number of aliphatic carboxylic acids is 2. The highest BCUT2D eigenvalue weighted by molar-refractivity contribution is 6.35. The summed E-state index contributed by atoms with van der Waals surface area (Å²) in [6, 6.07) is 17.1. The van der Waals surface area contributed by atoms with Crippen LogP contribution in [0.5, 0.6) is 11.5 Å². The van der Waals surface area contributed by atoms with Crippen LogP contribution in [0.4, 0.5) is 0 Å². The molecule has 9 heteroatoms. The molecule has 3 aromatic carbocycles. The molecule has 42 heavy (non-hydrogen) atoms. The number of aromatic nitrogens is 1. The van der Waals surface area contributed by atoms with E-state index in [-0.39, 0.29) is 12.8 Å². The fourth-order valence-electron chi connectivity index (χ4n) is 4.79. The van der Waals surface area contributed by atoms with E-state index in [4.69, 9.17) is 37.8 Å². The third kappa shape index (κ3) is 8.54. The van der Waals surface area contributed by atoms with Crippen molar-refractivity contribution in [3.8, 4) is 11.5 Å². The lowest BCUT2D eigenvalue weighted by molar-refractivity contribution is -0.137. The Hall–Kier alpha value is -3.94. The van der Waals surface area contributed by atoms with Gasteiger partial charge in [-0.3, -0.25) is 9.59 Å². The fraction of sp³-hybridized carbons (Fsp3) is 0.273. The predicted octanol–water partition coefficient (Wildman–Crippen LogP) is 8.16. The maximum atomic E-state index is 11.5. The zero-order valence-electron chi connectivity index (χ0n) is 23.3. The van der Waals surface area contributed by atoms with Crippen molar-refractivity contribution < 1.29 is 29.3 Å². The van der Waals surface area contributed by atoms with Gasteiger partial charge in [0.15, 0.2) is 0 Å². The van der Waals surface area contributed by atoms with Crippen molar-refractivity contribution in [2.45, 2.75) is 45.6 Å². The van der Waals surface area contributed by atoms with Gasteiger partial charge in [0.05, 0.1) is 24.7 Å². The first-order valence-corrected chi connectivity index (χ1v) is 14.5. The molecule has 0 radical (unpaired) electrons. The van der Waals surface area contributed by atoms with Crippen LogP contribution in [0.2, 0.25) is 10.0 Å². The van der Waals surface area contributed by atoms with Crippen LogP contribution in [0.1, 0.15) is 47.9 Å². The van der Waals surface area contributed by atoms with Crippen LogP contribution in [0, 0.1) is 6.92 Å². The van der Waals surface area contributed by atoms with E-state index in [1.165, 1.54) is 0 Å². The molecule has 4 aromatic rings. The van der Waals surface area contributed by atoms with Crippen molar-refractivity contribution in [1.82, 2.24) is 4.57 Å². The molecule has 7 nitrogen and oxygen atoms in total. The molecule has 0 saturated heterocycles. The summed E-state index contributed by atoms with van der Waals surface area (Å²) in [7, 11) is 0. The van der Waals surface area contributed by atoms with E-state index < -0.39 is 11.9 Å². The molecular formula is C33H33Cl2NO6. The van der Waals surface area contributed by atoms with Crippen molar-refractivity contribution in [3.63, 3.8) is 0 Å². The maximum absolute atomic E-state index is 11.5. The van der Waals surface area contributed by atoms with E-state index in [2.05, 4.69) is 0 Å². The molecule has 1 aromatic heterocycles. The molecule has 2 N–H and O–H groups in total. The Bertz CT molecular complexity index is 1550. The smallest absolute Gasteiger partial charge is 0.307 e. The van der Waals surface area contributed by atoms with Gasteiger partial charge in [-0.2, -0.15) is 0 Å². The largest absolute Gasteiger partial charge is 0.494 e. The second-order valence-electron chi connectivity index (χ2n) is 10.00. The summed E-state index contributed by atoms with van der Waals surface area (Å²) in [5, 5.41) is 20.4. The molecule has 0 atom stereocenters. The van der Waals surface area contributed by atoms with Gasteiger partial charge >= 0.3 is 11.9 Å². The number of aryl methyl sites for hydroxylation is 2. The molecule has 0 amide bonds. The number of rotatable bonds is 15. The molecule has 4 rings (SSSR count). The fourth-order valence-corrected chi connectivity index (χ4v) is 5.44. The number of hydrogen-bond acceptors (Lipinski definition) is 4. The number of carbonyl (C=O) groups is 2. The Morgan fingerprint density at radius 2 is 1.64 bits per heavy atom. The van der Waals surface area contributed by atoms with E-state index in [9.17, 15) is 14.7 Å². The minimum Gasteiger partial charge on any atom is -0.494 e. The summed E-state index contributed by atoms with van der Waals surface area (Å²) in [6.07, 6.45) is 7.82. The lowest BCUT2D eigenvalue weighted by Crippen LogP contribution is -2.03. The summed E-state index contributed by atoms with van der Waals surface area (Å²) in [5.41, 5.74) is 4.37. The second kappa shape index (κ2) is 14.8. The van der Waals surface area contributed by atoms with Gasteiger partial charge in [-0.1, -0.05) is 59.6 Å². The van der Waals surface area contributed by atoms with Gasteiger partial charge in [0.1, 0.15) is 11.5 Å². The third-order valence-corrected chi connectivity index (χ3v) is 7.23. The Balaban J connectivity index is 1.33. The molecule has 0 fully saturated rings. The van der Waals surface area contributed by atoms with Crippen molar-refractivity contribution in [1.29, 1.82) is 0 Å². The zero-order valence-corrected chi connectivity index (χ0v) is 24.8. The van der Waals surface area contributed by atoms with Gasteiger partial charge in [0, 0.05) is 35.1 Å². The minimum absolute atomic E-state index is 0.0566. The first-order valence-electron chi connectivity index (χ1n) is 13.7. The number of fused-ring (bicyclic) bond motifs is 1. The highest BCUT2D eigenvalue weighted by Gasteiger charge is 2.14. The highest BCUT2D eigenvalue weighted by Crippen LogP contribution is 2.32. The first-order chi connectivity index (χ1) is 20.2. The van der Waals surface area contributed by atoms with Gasteiger partial charge in [-0.25, -0.2) is 0 Å². The lowest BCUT2D eigenvalue weighted by Gasteiger charge is -2.11. The average Bonchev–Trinajstić information content (AvgIpc) is 3.28. The molecule has 1 heterocycles.